The third-order valence-corrected chi connectivity index (χ3v) is 7.10. The zero-order valence-corrected chi connectivity index (χ0v) is 14.1. The van der Waals surface area contributed by atoms with Gasteiger partial charge in [0, 0.05) is 30.8 Å². The molecule has 2 aromatic rings. The maximum atomic E-state index is 12.7. The van der Waals surface area contributed by atoms with Gasteiger partial charge in [0.25, 0.3) is 10.0 Å². The highest BCUT2D eigenvalue weighted by Gasteiger charge is 2.28. The molecule has 0 aliphatic rings. The smallest absolute Gasteiger partial charge is 0.305 e. The maximum absolute atomic E-state index is 12.7. The van der Waals surface area contributed by atoms with Crippen LogP contribution < -0.4 is 4.87 Å². The van der Waals surface area contributed by atoms with E-state index < -0.39 is 10.0 Å². The summed E-state index contributed by atoms with van der Waals surface area (Å²) in [5.41, 5.74) is 0.374. The summed E-state index contributed by atoms with van der Waals surface area (Å²) in [6, 6.07) is 3.76. The standard InChI is InChI=1S/C12H16N2O4S3/c1-9-11(20-12(15)13-9)21(16,17)14(5-6-18-2)8-10-4-3-7-19-10/h3-4,7H,5-6,8H2,1-2H3,(H,13,15). The number of rotatable bonds is 7. The van der Waals surface area contributed by atoms with E-state index in [0.29, 0.717) is 12.3 Å². The van der Waals surface area contributed by atoms with Crippen molar-refractivity contribution in [3.05, 3.63) is 37.8 Å². The third kappa shape index (κ3) is 3.80. The number of H-pyrrole nitrogens is 1. The van der Waals surface area contributed by atoms with Gasteiger partial charge in [-0.15, -0.1) is 11.3 Å². The van der Waals surface area contributed by atoms with Crippen molar-refractivity contribution >= 4 is 32.7 Å². The fourth-order valence-corrected chi connectivity index (χ4v) is 5.45. The summed E-state index contributed by atoms with van der Waals surface area (Å²) in [7, 11) is -2.19. The second kappa shape index (κ2) is 6.84. The monoisotopic (exact) mass is 348 g/mol. The fraction of sp³-hybridized carbons (Fsp3) is 0.417. The van der Waals surface area contributed by atoms with Crippen molar-refractivity contribution in [3.63, 3.8) is 0 Å². The second-order valence-electron chi connectivity index (χ2n) is 4.34. The fourth-order valence-electron chi connectivity index (χ4n) is 1.81. The number of thiazole rings is 1. The highest BCUT2D eigenvalue weighted by atomic mass is 32.2. The topological polar surface area (TPSA) is 79.5 Å². The van der Waals surface area contributed by atoms with E-state index in [1.54, 1.807) is 6.92 Å². The summed E-state index contributed by atoms with van der Waals surface area (Å²) in [6.45, 7) is 2.39. The molecule has 9 heteroatoms. The van der Waals surface area contributed by atoms with Crippen molar-refractivity contribution in [2.24, 2.45) is 0 Å². The highest BCUT2D eigenvalue weighted by Crippen LogP contribution is 2.23. The van der Waals surface area contributed by atoms with E-state index in [9.17, 15) is 13.2 Å². The Labute approximate surface area is 131 Å². The van der Waals surface area contributed by atoms with Crippen molar-refractivity contribution in [3.8, 4) is 0 Å². The van der Waals surface area contributed by atoms with Crippen LogP contribution in [0.15, 0.2) is 26.5 Å². The third-order valence-electron chi connectivity index (χ3n) is 2.81. The molecule has 6 nitrogen and oxygen atoms in total. The first-order valence-electron chi connectivity index (χ1n) is 6.16. The number of hydrogen-bond donors (Lipinski definition) is 1. The Morgan fingerprint density at radius 1 is 1.43 bits per heavy atom. The van der Waals surface area contributed by atoms with Gasteiger partial charge in [0.05, 0.1) is 6.61 Å². The molecule has 0 atom stereocenters. The van der Waals surface area contributed by atoms with Gasteiger partial charge < -0.3 is 9.72 Å². The molecule has 0 saturated heterocycles. The Morgan fingerprint density at radius 2 is 2.19 bits per heavy atom. The molecule has 0 saturated carbocycles. The Hall–Kier alpha value is -1.00. The van der Waals surface area contributed by atoms with E-state index in [4.69, 9.17) is 4.74 Å². The molecule has 2 aromatic heterocycles. The molecular weight excluding hydrogens is 332 g/mol. The van der Waals surface area contributed by atoms with Crippen LogP contribution in [0.2, 0.25) is 0 Å². The number of sulfonamides is 1. The molecule has 2 rings (SSSR count). The molecule has 0 fully saturated rings. The minimum absolute atomic E-state index is 0.0696. The van der Waals surface area contributed by atoms with E-state index in [-0.39, 0.29) is 22.2 Å². The molecule has 21 heavy (non-hydrogen) atoms. The Morgan fingerprint density at radius 3 is 2.71 bits per heavy atom. The van der Waals surface area contributed by atoms with Crippen molar-refractivity contribution in [1.29, 1.82) is 0 Å². The van der Waals surface area contributed by atoms with Crippen LogP contribution in [0.5, 0.6) is 0 Å². The maximum Gasteiger partial charge on any atom is 0.305 e. The summed E-state index contributed by atoms with van der Waals surface area (Å²) in [5, 5.41) is 1.90. The second-order valence-corrected chi connectivity index (χ2v) is 8.49. The lowest BCUT2D eigenvalue weighted by Crippen LogP contribution is -2.33. The minimum Gasteiger partial charge on any atom is -0.383 e. The van der Waals surface area contributed by atoms with Crippen LogP contribution in [0.3, 0.4) is 0 Å². The molecule has 116 valence electrons. The van der Waals surface area contributed by atoms with Crippen LogP contribution in [0.25, 0.3) is 0 Å². The Kier molecular flexibility index (Phi) is 5.33. The Balaban J connectivity index is 2.34. The molecule has 0 spiro atoms. The lowest BCUT2D eigenvalue weighted by Gasteiger charge is -2.20. The molecule has 0 aromatic carbocycles. The molecular formula is C12H16N2O4S3. The molecule has 2 heterocycles. The molecule has 0 unspecified atom stereocenters. The molecule has 0 radical (unpaired) electrons. The first-order chi connectivity index (χ1) is 9.95. The number of aromatic nitrogens is 1. The van der Waals surface area contributed by atoms with Crippen molar-refractivity contribution < 1.29 is 13.2 Å². The van der Waals surface area contributed by atoms with E-state index in [1.807, 2.05) is 17.5 Å². The van der Waals surface area contributed by atoms with Gasteiger partial charge >= 0.3 is 4.87 Å². The number of methoxy groups -OCH3 is 1. The number of aromatic amines is 1. The molecule has 0 aliphatic carbocycles. The normalized spacial score (nSPS) is 12.1. The van der Waals surface area contributed by atoms with Crippen LogP contribution in [0.1, 0.15) is 10.6 Å². The predicted molar refractivity (Wildman–Crippen MR) is 83.5 cm³/mol. The molecule has 1 N–H and O–H groups in total. The highest BCUT2D eigenvalue weighted by molar-refractivity contribution is 7.91. The zero-order chi connectivity index (χ0) is 15.5. The number of nitrogens with one attached hydrogen (secondary N) is 1. The average Bonchev–Trinajstić information content (AvgIpc) is 3.04. The van der Waals surface area contributed by atoms with Crippen LogP contribution >= 0.6 is 22.7 Å². The van der Waals surface area contributed by atoms with Crippen LogP contribution in [0, 0.1) is 6.92 Å². The summed E-state index contributed by atoms with van der Waals surface area (Å²) in [4.78, 5) is 14.5. The molecule has 0 aliphatic heterocycles. The van der Waals surface area contributed by atoms with Gasteiger partial charge in [-0.1, -0.05) is 17.4 Å². The molecule has 0 amide bonds. The summed E-state index contributed by atoms with van der Waals surface area (Å²) in [6.07, 6.45) is 0. The summed E-state index contributed by atoms with van der Waals surface area (Å²) < 4.78 is 31.9. The van der Waals surface area contributed by atoms with Crippen LogP contribution in [-0.2, 0) is 21.3 Å². The van der Waals surface area contributed by atoms with Gasteiger partial charge in [-0.2, -0.15) is 4.31 Å². The number of nitrogens with zero attached hydrogens (tertiary/aromatic N) is 1. The molecule has 0 bridgehead atoms. The van der Waals surface area contributed by atoms with Crippen LogP contribution in [0.4, 0.5) is 0 Å². The summed E-state index contributed by atoms with van der Waals surface area (Å²) >= 11 is 2.21. The number of thiophene rings is 1. The quantitative estimate of drug-likeness (QED) is 0.825. The van der Waals surface area contributed by atoms with Crippen LogP contribution in [-0.4, -0.2) is 38.0 Å². The predicted octanol–water partition coefficient (Wildman–Crippen LogP) is 1.64. The SMILES string of the molecule is COCCN(Cc1cccs1)S(=O)(=O)c1sc(=O)[nH]c1C. The number of aryl methyl sites for hydroxylation is 1. The van der Waals surface area contributed by atoms with Gasteiger partial charge in [0.1, 0.15) is 0 Å². The van der Waals surface area contributed by atoms with E-state index in [1.165, 1.54) is 22.8 Å². The average molecular weight is 348 g/mol. The van der Waals surface area contributed by atoms with E-state index >= 15 is 0 Å². The zero-order valence-electron chi connectivity index (χ0n) is 11.7. The number of ether oxygens (including phenoxy) is 1. The number of hydrogen-bond acceptors (Lipinski definition) is 6. The van der Waals surface area contributed by atoms with Gasteiger partial charge in [-0.25, -0.2) is 8.42 Å². The van der Waals surface area contributed by atoms with Crippen molar-refractivity contribution in [1.82, 2.24) is 9.29 Å². The van der Waals surface area contributed by atoms with Gasteiger partial charge in [0.15, 0.2) is 4.21 Å². The first kappa shape index (κ1) is 16.4. The lowest BCUT2D eigenvalue weighted by molar-refractivity contribution is 0.178. The van der Waals surface area contributed by atoms with Gasteiger partial charge in [0.2, 0.25) is 0 Å². The largest absolute Gasteiger partial charge is 0.383 e. The van der Waals surface area contributed by atoms with Gasteiger partial charge in [-0.05, 0) is 18.4 Å². The summed E-state index contributed by atoms with van der Waals surface area (Å²) in [5.74, 6) is 0. The minimum atomic E-state index is -3.71. The first-order valence-corrected chi connectivity index (χ1v) is 9.30. The Bertz CT molecular complexity index is 731. The lowest BCUT2D eigenvalue weighted by atomic mass is 10.4. The van der Waals surface area contributed by atoms with Crippen molar-refractivity contribution in [2.45, 2.75) is 17.7 Å². The van der Waals surface area contributed by atoms with Crippen molar-refractivity contribution in [2.75, 3.05) is 20.3 Å². The van der Waals surface area contributed by atoms with E-state index in [2.05, 4.69) is 4.98 Å². The van der Waals surface area contributed by atoms with Gasteiger partial charge in [-0.3, -0.25) is 4.79 Å². The van der Waals surface area contributed by atoms with E-state index in [0.717, 1.165) is 16.2 Å².